The van der Waals surface area contributed by atoms with E-state index in [1.54, 1.807) is 6.07 Å². The largest absolute Gasteiger partial charge is 0.411 e. The Balaban J connectivity index is 2.32. The van der Waals surface area contributed by atoms with Crippen LogP contribution in [0.15, 0.2) is 16.9 Å². The van der Waals surface area contributed by atoms with Crippen LogP contribution in [0.2, 0.25) is 0 Å². The molecule has 0 N–H and O–H groups in total. The Bertz CT molecular complexity index is 444. The topological polar surface area (TPSA) is 31.2 Å². The van der Waals surface area contributed by atoms with Gasteiger partial charge in [-0.2, -0.15) is 0 Å². The molecule has 2 rings (SSSR count). The van der Waals surface area contributed by atoms with Crippen LogP contribution in [0.3, 0.4) is 0 Å². The normalized spacial score (nSPS) is 16.8. The zero-order chi connectivity index (χ0) is 13.0. The second kappa shape index (κ2) is 6.07. The molecule has 3 heteroatoms. The summed E-state index contributed by atoms with van der Waals surface area (Å²) in [5, 5.41) is 0. The summed E-state index contributed by atoms with van der Waals surface area (Å²) in [7, 11) is 0. The maximum absolute atomic E-state index is 12.0. The van der Waals surface area contributed by atoms with Gasteiger partial charge in [-0.3, -0.25) is 4.79 Å². The minimum atomic E-state index is -0.0241. The van der Waals surface area contributed by atoms with Crippen LogP contribution >= 0.6 is 0 Å². The smallest absolute Gasteiger partial charge is 0.283 e. The van der Waals surface area contributed by atoms with Gasteiger partial charge in [-0.25, -0.2) is 0 Å². The molecule has 0 spiro atoms. The summed E-state index contributed by atoms with van der Waals surface area (Å²) in [4.78, 5) is 17.7. The van der Waals surface area contributed by atoms with Crippen LogP contribution in [-0.2, 0) is 0 Å². The highest BCUT2D eigenvalue weighted by molar-refractivity contribution is 5.19. The van der Waals surface area contributed by atoms with Gasteiger partial charge in [0.15, 0.2) is 0 Å². The third kappa shape index (κ3) is 2.95. The predicted octanol–water partition coefficient (Wildman–Crippen LogP) is 3.04. The van der Waals surface area contributed by atoms with Crippen LogP contribution in [0.25, 0.3) is 0 Å². The molecule has 1 heterocycles. The van der Waals surface area contributed by atoms with Crippen molar-refractivity contribution in [1.29, 1.82) is 0 Å². The summed E-state index contributed by atoms with van der Waals surface area (Å²) in [6.07, 6.45) is 7.13. The molecule has 3 nitrogen and oxygen atoms in total. The van der Waals surface area contributed by atoms with Crippen molar-refractivity contribution in [1.82, 2.24) is 4.73 Å². The fourth-order valence-corrected chi connectivity index (χ4v) is 2.72. The maximum Gasteiger partial charge on any atom is 0.283 e. The van der Waals surface area contributed by atoms with Crippen molar-refractivity contribution in [3.05, 3.63) is 33.7 Å². The Morgan fingerprint density at radius 2 is 2.00 bits per heavy atom. The summed E-state index contributed by atoms with van der Waals surface area (Å²) < 4.78 is 1.53. The van der Waals surface area contributed by atoms with Crippen molar-refractivity contribution >= 4 is 0 Å². The molecule has 0 unspecified atom stereocenters. The first-order valence-corrected chi connectivity index (χ1v) is 7.09. The summed E-state index contributed by atoms with van der Waals surface area (Å²) >= 11 is 0. The molecule has 0 atom stereocenters. The van der Waals surface area contributed by atoms with Gasteiger partial charge < -0.3 is 4.84 Å². The molecule has 0 aliphatic heterocycles. The van der Waals surface area contributed by atoms with E-state index in [1.807, 2.05) is 6.92 Å². The van der Waals surface area contributed by atoms with Gasteiger partial charge in [0.2, 0.25) is 0 Å². The lowest BCUT2D eigenvalue weighted by Gasteiger charge is -2.25. The van der Waals surface area contributed by atoms with Crippen LogP contribution in [-0.4, -0.2) is 11.3 Å². The van der Waals surface area contributed by atoms with Gasteiger partial charge in [-0.1, -0.05) is 26.2 Å². The molecule has 1 aromatic rings. The highest BCUT2D eigenvalue weighted by Crippen LogP contribution is 2.32. The first-order valence-electron chi connectivity index (χ1n) is 7.09. The summed E-state index contributed by atoms with van der Waals surface area (Å²) in [5.41, 5.74) is 2.09. The molecular weight excluding hydrogens is 226 g/mol. The lowest BCUT2D eigenvalue weighted by molar-refractivity contribution is 0.0907. The van der Waals surface area contributed by atoms with E-state index in [9.17, 15) is 4.79 Å². The van der Waals surface area contributed by atoms with E-state index in [0.717, 1.165) is 17.7 Å². The number of aryl methyl sites for hydroxylation is 1. The van der Waals surface area contributed by atoms with Crippen molar-refractivity contribution in [3.63, 3.8) is 0 Å². The Kier molecular flexibility index (Phi) is 4.45. The molecule has 0 radical (unpaired) electrons. The van der Waals surface area contributed by atoms with Gasteiger partial charge in [-0.15, -0.1) is 4.73 Å². The lowest BCUT2D eigenvalue weighted by Crippen LogP contribution is -2.31. The highest BCUT2D eigenvalue weighted by Gasteiger charge is 2.20. The molecule has 1 aromatic heterocycles. The molecule has 1 aliphatic rings. The van der Waals surface area contributed by atoms with Gasteiger partial charge in [0.1, 0.15) is 6.61 Å². The van der Waals surface area contributed by atoms with Gasteiger partial charge in [-0.05, 0) is 37.8 Å². The fourth-order valence-electron chi connectivity index (χ4n) is 2.72. The van der Waals surface area contributed by atoms with Crippen LogP contribution in [0, 0.1) is 6.92 Å². The van der Waals surface area contributed by atoms with Crippen LogP contribution in [0.1, 0.15) is 62.6 Å². The Labute approximate surface area is 109 Å². The summed E-state index contributed by atoms with van der Waals surface area (Å²) in [6.45, 7) is 4.64. The first kappa shape index (κ1) is 13.2. The third-order valence-electron chi connectivity index (χ3n) is 3.61. The molecule has 1 saturated carbocycles. The number of pyridine rings is 1. The molecule has 0 saturated heterocycles. The number of rotatable bonds is 4. The zero-order valence-corrected chi connectivity index (χ0v) is 11.4. The van der Waals surface area contributed by atoms with E-state index in [1.165, 1.54) is 36.8 Å². The van der Waals surface area contributed by atoms with Crippen molar-refractivity contribution in [2.45, 2.75) is 58.3 Å². The van der Waals surface area contributed by atoms with Gasteiger partial charge in [0.25, 0.3) is 5.56 Å². The molecule has 0 bridgehead atoms. The minimum absolute atomic E-state index is 0.0241. The van der Waals surface area contributed by atoms with E-state index >= 15 is 0 Å². The van der Waals surface area contributed by atoms with Crippen molar-refractivity contribution in [3.8, 4) is 0 Å². The summed E-state index contributed by atoms with van der Waals surface area (Å²) in [6, 6.07) is 3.77. The lowest BCUT2D eigenvalue weighted by atomic mass is 9.86. The number of hydrogen-bond donors (Lipinski definition) is 0. The first-order chi connectivity index (χ1) is 8.72. The number of nitrogens with zero attached hydrogens (tertiary/aromatic N) is 1. The summed E-state index contributed by atoms with van der Waals surface area (Å²) in [5.74, 6) is 0.489. The van der Waals surface area contributed by atoms with Crippen molar-refractivity contribution in [2.75, 3.05) is 6.61 Å². The van der Waals surface area contributed by atoms with E-state index < -0.39 is 0 Å². The molecule has 100 valence electrons. The highest BCUT2D eigenvalue weighted by atomic mass is 16.7. The monoisotopic (exact) mass is 249 g/mol. The molecule has 0 aromatic carbocycles. The quantitative estimate of drug-likeness (QED) is 0.821. The predicted molar refractivity (Wildman–Crippen MR) is 73.0 cm³/mol. The fraction of sp³-hybridized carbons (Fsp3) is 0.667. The average molecular weight is 249 g/mol. The van der Waals surface area contributed by atoms with E-state index in [2.05, 4.69) is 13.0 Å². The van der Waals surface area contributed by atoms with E-state index in [4.69, 9.17) is 4.84 Å². The molecular formula is C15H23NO2. The minimum Gasteiger partial charge on any atom is -0.411 e. The van der Waals surface area contributed by atoms with E-state index in [-0.39, 0.29) is 5.56 Å². The van der Waals surface area contributed by atoms with Gasteiger partial charge in [0, 0.05) is 12.0 Å². The second-order valence-electron chi connectivity index (χ2n) is 5.26. The van der Waals surface area contributed by atoms with Crippen molar-refractivity contribution < 1.29 is 4.84 Å². The molecule has 0 amide bonds. The van der Waals surface area contributed by atoms with E-state index in [0.29, 0.717) is 12.5 Å². The van der Waals surface area contributed by atoms with Crippen LogP contribution in [0.4, 0.5) is 0 Å². The SMILES string of the molecule is CCCOn1c(C2CCCCC2)cc(C)cc1=O. The van der Waals surface area contributed by atoms with Gasteiger partial charge in [0.05, 0.1) is 5.69 Å². The van der Waals surface area contributed by atoms with Crippen molar-refractivity contribution in [2.24, 2.45) is 0 Å². The Hall–Kier alpha value is -1.25. The van der Waals surface area contributed by atoms with Crippen LogP contribution < -0.4 is 10.4 Å². The van der Waals surface area contributed by atoms with Gasteiger partial charge >= 0.3 is 0 Å². The maximum atomic E-state index is 12.0. The zero-order valence-electron chi connectivity index (χ0n) is 11.4. The molecule has 1 aliphatic carbocycles. The third-order valence-corrected chi connectivity index (χ3v) is 3.61. The Morgan fingerprint density at radius 3 is 2.67 bits per heavy atom. The average Bonchev–Trinajstić information content (AvgIpc) is 2.38. The molecule has 18 heavy (non-hydrogen) atoms. The molecule has 1 fully saturated rings. The standard InChI is InChI=1S/C15H23NO2/c1-3-9-18-16-14(10-12(2)11-15(16)17)13-7-5-4-6-8-13/h10-11,13H,3-9H2,1-2H3. The number of hydrogen-bond acceptors (Lipinski definition) is 2. The second-order valence-corrected chi connectivity index (χ2v) is 5.26. The number of aromatic nitrogens is 1. The van der Waals surface area contributed by atoms with Crippen LogP contribution in [0.5, 0.6) is 0 Å². The Morgan fingerprint density at radius 1 is 1.28 bits per heavy atom.